The molecular weight excluding hydrogens is 312 g/mol. The van der Waals surface area contributed by atoms with Crippen LogP contribution in [-0.2, 0) is 16.4 Å². The molecule has 2 aliphatic heterocycles. The molecule has 0 radical (unpaired) electrons. The van der Waals surface area contributed by atoms with Crippen molar-refractivity contribution in [3.63, 3.8) is 0 Å². The standard InChI is InChI=1S/C17H18N2O3S/c20-17(19-10-15-8-14(19)11-23(15,21)22)18-9-13-6-3-5-12-4-1-2-7-16(12)13/h1-7,14-15H,8-11H2,(H,18,20). The fourth-order valence-electron chi connectivity index (χ4n) is 3.66. The molecule has 2 amide bonds. The first-order valence-electron chi connectivity index (χ1n) is 7.77. The van der Waals surface area contributed by atoms with Crippen molar-refractivity contribution in [2.75, 3.05) is 12.3 Å². The second-order valence-corrected chi connectivity index (χ2v) is 8.62. The van der Waals surface area contributed by atoms with Crippen LogP contribution in [0.4, 0.5) is 4.79 Å². The number of fused-ring (bicyclic) bond motifs is 3. The minimum absolute atomic E-state index is 0.110. The summed E-state index contributed by atoms with van der Waals surface area (Å²) in [4.78, 5) is 14.1. The molecule has 2 aromatic rings. The van der Waals surface area contributed by atoms with Gasteiger partial charge >= 0.3 is 6.03 Å². The summed E-state index contributed by atoms with van der Waals surface area (Å²) in [5, 5.41) is 4.84. The quantitative estimate of drug-likeness (QED) is 0.915. The van der Waals surface area contributed by atoms with Crippen molar-refractivity contribution in [3.05, 3.63) is 48.0 Å². The van der Waals surface area contributed by atoms with Crippen LogP contribution in [0.2, 0.25) is 0 Å². The average molecular weight is 330 g/mol. The second-order valence-electron chi connectivity index (χ2n) is 6.29. The van der Waals surface area contributed by atoms with Crippen molar-refractivity contribution < 1.29 is 13.2 Å². The summed E-state index contributed by atoms with van der Waals surface area (Å²) in [6.45, 7) is 0.773. The fraction of sp³-hybridized carbons (Fsp3) is 0.353. The SMILES string of the molecule is O=C(NCc1cccc2ccccc12)N1CC2CC1CS2(=O)=O. The van der Waals surface area contributed by atoms with Crippen LogP contribution >= 0.6 is 0 Å². The highest BCUT2D eigenvalue weighted by molar-refractivity contribution is 7.92. The number of hydrogen-bond donors (Lipinski definition) is 1. The molecule has 2 aliphatic rings. The van der Waals surface area contributed by atoms with Crippen LogP contribution in [0.1, 0.15) is 12.0 Å². The maximum Gasteiger partial charge on any atom is 0.317 e. The first-order chi connectivity index (χ1) is 11.0. The minimum atomic E-state index is -2.97. The van der Waals surface area contributed by atoms with E-state index in [-0.39, 0.29) is 23.1 Å². The van der Waals surface area contributed by atoms with Gasteiger partial charge in [-0.3, -0.25) is 0 Å². The molecule has 2 atom stereocenters. The van der Waals surface area contributed by atoms with Gasteiger partial charge in [0.1, 0.15) is 0 Å². The highest BCUT2D eigenvalue weighted by Gasteiger charge is 2.49. The highest BCUT2D eigenvalue weighted by atomic mass is 32.2. The van der Waals surface area contributed by atoms with Crippen LogP contribution in [0.15, 0.2) is 42.5 Å². The van der Waals surface area contributed by atoms with Crippen molar-refractivity contribution >= 4 is 26.6 Å². The average Bonchev–Trinajstić information content (AvgIpc) is 3.08. The number of carbonyl (C=O) groups excluding carboxylic acids is 1. The van der Waals surface area contributed by atoms with E-state index in [2.05, 4.69) is 5.32 Å². The van der Waals surface area contributed by atoms with Gasteiger partial charge in [-0.15, -0.1) is 0 Å². The Labute approximate surface area is 135 Å². The number of likely N-dealkylation sites (tertiary alicyclic amines) is 1. The van der Waals surface area contributed by atoms with Crippen LogP contribution in [-0.4, -0.2) is 42.9 Å². The molecule has 2 fully saturated rings. The maximum atomic E-state index is 12.4. The lowest BCUT2D eigenvalue weighted by molar-refractivity contribution is 0.195. The number of hydrogen-bond acceptors (Lipinski definition) is 3. The van der Waals surface area contributed by atoms with E-state index in [0.717, 1.165) is 16.3 Å². The number of nitrogens with zero attached hydrogens (tertiary/aromatic N) is 1. The molecule has 4 rings (SSSR count). The predicted octanol–water partition coefficient (Wildman–Crippen LogP) is 1.92. The summed E-state index contributed by atoms with van der Waals surface area (Å²) >= 11 is 0. The van der Waals surface area contributed by atoms with E-state index >= 15 is 0 Å². The number of rotatable bonds is 2. The lowest BCUT2D eigenvalue weighted by Gasteiger charge is -2.27. The molecule has 0 aromatic heterocycles. The minimum Gasteiger partial charge on any atom is -0.334 e. The Hall–Kier alpha value is -2.08. The Kier molecular flexibility index (Phi) is 3.30. The lowest BCUT2D eigenvalue weighted by atomic mass is 10.0. The van der Waals surface area contributed by atoms with Gasteiger partial charge in [-0.05, 0) is 22.8 Å². The smallest absolute Gasteiger partial charge is 0.317 e. The molecule has 0 saturated carbocycles. The van der Waals surface area contributed by atoms with Crippen molar-refractivity contribution in [2.24, 2.45) is 0 Å². The third kappa shape index (κ3) is 2.47. The monoisotopic (exact) mass is 330 g/mol. The molecule has 2 aromatic carbocycles. The number of urea groups is 1. The van der Waals surface area contributed by atoms with Gasteiger partial charge in [0.05, 0.1) is 11.0 Å². The summed E-state index contributed by atoms with van der Waals surface area (Å²) in [6.07, 6.45) is 0.587. The van der Waals surface area contributed by atoms with E-state index in [0.29, 0.717) is 19.5 Å². The van der Waals surface area contributed by atoms with E-state index < -0.39 is 9.84 Å². The molecule has 0 aliphatic carbocycles. The Morgan fingerprint density at radius 3 is 2.70 bits per heavy atom. The zero-order valence-electron chi connectivity index (χ0n) is 12.6. The Morgan fingerprint density at radius 2 is 1.96 bits per heavy atom. The summed E-state index contributed by atoms with van der Waals surface area (Å²) in [5.74, 6) is 0.110. The van der Waals surface area contributed by atoms with Gasteiger partial charge in [0.15, 0.2) is 9.84 Å². The van der Waals surface area contributed by atoms with E-state index in [9.17, 15) is 13.2 Å². The maximum absolute atomic E-state index is 12.4. The van der Waals surface area contributed by atoms with Crippen LogP contribution in [0.3, 0.4) is 0 Å². The van der Waals surface area contributed by atoms with Gasteiger partial charge in [-0.1, -0.05) is 42.5 Å². The van der Waals surface area contributed by atoms with E-state index in [1.54, 1.807) is 4.90 Å². The van der Waals surface area contributed by atoms with Gasteiger partial charge in [0.25, 0.3) is 0 Å². The van der Waals surface area contributed by atoms with Gasteiger partial charge in [-0.2, -0.15) is 0 Å². The van der Waals surface area contributed by atoms with Gasteiger partial charge in [0.2, 0.25) is 0 Å². The van der Waals surface area contributed by atoms with Crippen LogP contribution in [0.25, 0.3) is 10.8 Å². The van der Waals surface area contributed by atoms with E-state index in [4.69, 9.17) is 0 Å². The van der Waals surface area contributed by atoms with Gasteiger partial charge in [0, 0.05) is 19.1 Å². The molecule has 120 valence electrons. The van der Waals surface area contributed by atoms with Crippen molar-refractivity contribution in [1.29, 1.82) is 0 Å². The highest BCUT2D eigenvalue weighted by Crippen LogP contribution is 2.32. The Balaban J connectivity index is 1.46. The zero-order chi connectivity index (χ0) is 16.0. The Bertz CT molecular complexity index is 873. The van der Waals surface area contributed by atoms with Crippen molar-refractivity contribution in [1.82, 2.24) is 10.2 Å². The number of carbonyl (C=O) groups is 1. The van der Waals surface area contributed by atoms with Crippen molar-refractivity contribution in [2.45, 2.75) is 24.3 Å². The summed E-state index contributed by atoms with van der Waals surface area (Å²) in [5.41, 5.74) is 1.06. The number of amides is 2. The van der Waals surface area contributed by atoms with E-state index in [1.807, 2.05) is 42.5 Å². The molecule has 2 unspecified atom stereocenters. The molecule has 6 heteroatoms. The molecule has 2 saturated heterocycles. The van der Waals surface area contributed by atoms with Crippen molar-refractivity contribution in [3.8, 4) is 0 Å². The van der Waals surface area contributed by atoms with Gasteiger partial charge in [-0.25, -0.2) is 13.2 Å². The fourth-order valence-corrected chi connectivity index (χ4v) is 5.69. The normalized spacial score (nSPS) is 25.0. The predicted molar refractivity (Wildman–Crippen MR) is 88.9 cm³/mol. The third-order valence-electron chi connectivity index (χ3n) is 4.88. The first-order valence-corrected chi connectivity index (χ1v) is 9.49. The van der Waals surface area contributed by atoms with Crippen LogP contribution in [0, 0.1) is 0 Å². The molecule has 23 heavy (non-hydrogen) atoms. The van der Waals surface area contributed by atoms with E-state index in [1.165, 1.54) is 0 Å². The molecule has 0 spiro atoms. The largest absolute Gasteiger partial charge is 0.334 e. The molecule has 2 bridgehead atoms. The van der Waals surface area contributed by atoms with Crippen LogP contribution < -0.4 is 5.32 Å². The first kappa shape index (κ1) is 14.5. The van der Waals surface area contributed by atoms with Crippen LogP contribution in [0.5, 0.6) is 0 Å². The second kappa shape index (κ2) is 5.23. The third-order valence-corrected chi connectivity index (χ3v) is 7.09. The number of nitrogens with one attached hydrogen (secondary N) is 1. The zero-order valence-corrected chi connectivity index (χ0v) is 13.4. The molecule has 1 N–H and O–H groups in total. The molecular formula is C17H18N2O3S. The number of sulfone groups is 1. The summed E-state index contributed by atoms with van der Waals surface area (Å²) in [6, 6.07) is 13.8. The molecule has 2 heterocycles. The Morgan fingerprint density at radius 1 is 1.17 bits per heavy atom. The molecule has 5 nitrogen and oxygen atoms in total. The lowest BCUT2D eigenvalue weighted by Crippen LogP contribution is -2.48. The number of benzene rings is 2. The summed E-state index contributed by atoms with van der Waals surface area (Å²) in [7, 11) is -2.97. The topological polar surface area (TPSA) is 66.5 Å². The summed E-state index contributed by atoms with van der Waals surface area (Å²) < 4.78 is 23.5. The van der Waals surface area contributed by atoms with Gasteiger partial charge < -0.3 is 10.2 Å².